The van der Waals surface area contributed by atoms with E-state index in [0.717, 1.165) is 22.3 Å². The Labute approximate surface area is 207 Å². The molecule has 3 atom stereocenters. The minimum Gasteiger partial charge on any atom is -0.480 e. The minimum absolute atomic E-state index is 0.0387. The lowest BCUT2D eigenvalue weighted by molar-refractivity contribution is -0.142. The molecule has 3 unspecified atom stereocenters. The van der Waals surface area contributed by atoms with Crippen LogP contribution in [0.5, 0.6) is 0 Å². The summed E-state index contributed by atoms with van der Waals surface area (Å²) in [5, 5.41) is 14.8. The number of benzene rings is 2. The molecule has 0 saturated carbocycles. The number of carbonyl (C=O) groups excluding carboxylic acids is 2. The highest BCUT2D eigenvalue weighted by molar-refractivity contribution is 5.85. The number of alkyl carbamates (subject to hydrolysis) is 1. The van der Waals surface area contributed by atoms with Gasteiger partial charge in [0.25, 0.3) is 0 Å². The first-order valence-electron chi connectivity index (χ1n) is 12.1. The fourth-order valence-electron chi connectivity index (χ4n) is 4.32. The lowest BCUT2D eigenvalue weighted by Gasteiger charge is -2.25. The smallest absolute Gasteiger partial charge is 0.407 e. The van der Waals surface area contributed by atoms with Gasteiger partial charge in [-0.05, 0) is 47.4 Å². The first-order chi connectivity index (χ1) is 16.5. The molecule has 0 spiro atoms. The van der Waals surface area contributed by atoms with Gasteiger partial charge in [-0.25, -0.2) is 9.59 Å². The van der Waals surface area contributed by atoms with Crippen LogP contribution in [0.25, 0.3) is 11.1 Å². The number of ether oxygens (including phenoxy) is 1. The molecular weight excluding hydrogens is 444 g/mol. The van der Waals surface area contributed by atoms with Crippen molar-refractivity contribution in [1.82, 2.24) is 10.6 Å². The van der Waals surface area contributed by atoms with Gasteiger partial charge < -0.3 is 20.5 Å². The van der Waals surface area contributed by atoms with Crippen molar-refractivity contribution in [3.05, 3.63) is 59.7 Å². The summed E-state index contributed by atoms with van der Waals surface area (Å²) in [6.45, 7) is 9.62. The number of aliphatic carboxylic acids is 1. The molecule has 188 valence electrons. The third-order valence-electron chi connectivity index (χ3n) is 6.65. The van der Waals surface area contributed by atoms with Crippen LogP contribution < -0.4 is 10.6 Å². The average molecular weight is 481 g/mol. The summed E-state index contributed by atoms with van der Waals surface area (Å²) >= 11 is 0. The number of fused-ring (bicyclic) bond motifs is 3. The Bertz CT molecular complexity index is 1030. The molecule has 2 aromatic rings. The highest BCUT2D eigenvalue weighted by atomic mass is 16.5. The zero-order chi connectivity index (χ0) is 25.8. The molecule has 0 fully saturated rings. The van der Waals surface area contributed by atoms with Gasteiger partial charge in [-0.1, -0.05) is 76.2 Å². The van der Waals surface area contributed by atoms with E-state index in [0.29, 0.717) is 12.8 Å². The van der Waals surface area contributed by atoms with Crippen molar-refractivity contribution in [2.24, 2.45) is 11.3 Å². The van der Waals surface area contributed by atoms with Crippen LogP contribution in [0.2, 0.25) is 0 Å². The largest absolute Gasteiger partial charge is 0.480 e. The topological polar surface area (TPSA) is 105 Å². The molecular formula is C28H36N2O5. The molecule has 2 amide bonds. The first-order valence-corrected chi connectivity index (χ1v) is 12.1. The summed E-state index contributed by atoms with van der Waals surface area (Å²) in [6, 6.07) is 14.7. The molecule has 35 heavy (non-hydrogen) atoms. The van der Waals surface area contributed by atoms with Crippen molar-refractivity contribution in [3.8, 4) is 11.1 Å². The fourth-order valence-corrected chi connectivity index (χ4v) is 4.32. The molecule has 0 aliphatic heterocycles. The van der Waals surface area contributed by atoms with Crippen LogP contribution in [0.4, 0.5) is 4.79 Å². The summed E-state index contributed by atoms with van der Waals surface area (Å²) in [6.07, 6.45) is 0.388. The van der Waals surface area contributed by atoms with Crippen molar-refractivity contribution >= 4 is 18.0 Å². The Morgan fingerprint density at radius 2 is 1.49 bits per heavy atom. The normalized spacial score (nSPS) is 15.3. The monoisotopic (exact) mass is 480 g/mol. The number of hydrogen-bond donors (Lipinski definition) is 3. The van der Waals surface area contributed by atoms with Gasteiger partial charge in [0, 0.05) is 12.0 Å². The number of carbonyl (C=O) groups is 3. The third-order valence-corrected chi connectivity index (χ3v) is 6.65. The number of carboxylic acids is 1. The number of rotatable bonds is 9. The maximum absolute atomic E-state index is 12.7. The van der Waals surface area contributed by atoms with Crippen molar-refractivity contribution < 1.29 is 24.2 Å². The summed E-state index contributed by atoms with van der Waals surface area (Å²) in [4.78, 5) is 36.8. The van der Waals surface area contributed by atoms with Gasteiger partial charge in [0.2, 0.25) is 5.91 Å². The van der Waals surface area contributed by atoms with Gasteiger partial charge in [0.05, 0.1) is 5.92 Å². The van der Waals surface area contributed by atoms with Crippen LogP contribution in [-0.2, 0) is 14.3 Å². The molecule has 1 aliphatic rings. The molecule has 7 heteroatoms. The van der Waals surface area contributed by atoms with Gasteiger partial charge in [0.15, 0.2) is 0 Å². The number of hydrogen-bond acceptors (Lipinski definition) is 4. The van der Waals surface area contributed by atoms with Crippen LogP contribution in [0.3, 0.4) is 0 Å². The fraction of sp³-hybridized carbons (Fsp3) is 0.464. The van der Waals surface area contributed by atoms with Crippen molar-refractivity contribution in [1.29, 1.82) is 0 Å². The maximum atomic E-state index is 12.7. The van der Waals surface area contributed by atoms with E-state index in [4.69, 9.17) is 4.74 Å². The number of carboxylic acid groups (broad SMARTS) is 1. The third kappa shape index (κ3) is 6.62. The summed E-state index contributed by atoms with van der Waals surface area (Å²) in [5.41, 5.74) is 4.50. The standard InChI is InChI=1S/C28H36N2O5/c1-17(25(31)30-24(26(32)33)14-15-28(3,4)5)18(2)29-27(34)35-16-23-21-12-8-6-10-19(21)20-11-7-9-13-22(20)23/h6-13,17-18,23-24H,14-16H2,1-5H3,(H,29,34)(H,30,31)(H,32,33). The number of amides is 2. The van der Waals surface area contributed by atoms with Crippen LogP contribution in [0, 0.1) is 11.3 Å². The zero-order valence-electron chi connectivity index (χ0n) is 21.1. The highest BCUT2D eigenvalue weighted by Crippen LogP contribution is 2.44. The Balaban J connectivity index is 1.54. The van der Waals surface area contributed by atoms with E-state index in [2.05, 4.69) is 34.9 Å². The van der Waals surface area contributed by atoms with Crippen molar-refractivity contribution in [2.45, 2.75) is 65.5 Å². The van der Waals surface area contributed by atoms with Gasteiger partial charge in [-0.3, -0.25) is 4.79 Å². The lowest BCUT2D eigenvalue weighted by Crippen LogP contribution is -2.49. The quantitative estimate of drug-likeness (QED) is 0.471. The van der Waals surface area contributed by atoms with E-state index >= 15 is 0 Å². The first kappa shape index (κ1) is 26.3. The maximum Gasteiger partial charge on any atom is 0.407 e. The predicted molar refractivity (Wildman–Crippen MR) is 135 cm³/mol. The molecule has 2 aromatic carbocycles. The molecule has 7 nitrogen and oxygen atoms in total. The van der Waals surface area contributed by atoms with Crippen LogP contribution in [0.1, 0.15) is 64.5 Å². The van der Waals surface area contributed by atoms with Crippen LogP contribution in [-0.4, -0.2) is 41.8 Å². The van der Waals surface area contributed by atoms with Gasteiger partial charge >= 0.3 is 12.1 Å². The molecule has 0 heterocycles. The van der Waals surface area contributed by atoms with E-state index in [9.17, 15) is 19.5 Å². The highest BCUT2D eigenvalue weighted by Gasteiger charge is 2.31. The van der Waals surface area contributed by atoms with Crippen molar-refractivity contribution in [2.75, 3.05) is 6.61 Å². The molecule has 0 aromatic heterocycles. The van der Waals surface area contributed by atoms with E-state index in [1.807, 2.05) is 45.0 Å². The molecule has 3 rings (SSSR count). The van der Waals surface area contributed by atoms with E-state index in [1.54, 1.807) is 13.8 Å². The Hall–Kier alpha value is -3.35. The van der Waals surface area contributed by atoms with E-state index < -0.39 is 36.0 Å². The lowest BCUT2D eigenvalue weighted by atomic mass is 9.88. The van der Waals surface area contributed by atoms with Crippen molar-refractivity contribution in [3.63, 3.8) is 0 Å². The van der Waals surface area contributed by atoms with E-state index in [1.165, 1.54) is 0 Å². The molecule has 0 saturated heterocycles. The molecule has 3 N–H and O–H groups in total. The van der Waals surface area contributed by atoms with Gasteiger partial charge in [-0.15, -0.1) is 0 Å². The minimum atomic E-state index is -1.06. The second-order valence-corrected chi connectivity index (χ2v) is 10.5. The Morgan fingerprint density at radius 1 is 0.943 bits per heavy atom. The average Bonchev–Trinajstić information content (AvgIpc) is 3.12. The van der Waals surface area contributed by atoms with Crippen LogP contribution in [0.15, 0.2) is 48.5 Å². The summed E-state index contributed by atoms with van der Waals surface area (Å²) in [7, 11) is 0. The van der Waals surface area contributed by atoms with Gasteiger partial charge in [-0.2, -0.15) is 0 Å². The SMILES string of the molecule is CC(NC(=O)OCC1c2ccccc2-c2ccccc21)C(C)C(=O)NC(CCC(C)(C)C)C(=O)O. The van der Waals surface area contributed by atoms with Crippen LogP contribution >= 0.6 is 0 Å². The second-order valence-electron chi connectivity index (χ2n) is 10.5. The zero-order valence-corrected chi connectivity index (χ0v) is 21.1. The molecule has 0 bridgehead atoms. The summed E-state index contributed by atoms with van der Waals surface area (Å²) < 4.78 is 5.56. The number of nitrogens with one attached hydrogen (secondary N) is 2. The Kier molecular flexibility index (Phi) is 8.20. The molecule has 1 aliphatic carbocycles. The second kappa shape index (κ2) is 10.9. The van der Waals surface area contributed by atoms with E-state index in [-0.39, 0.29) is 17.9 Å². The van der Waals surface area contributed by atoms with Gasteiger partial charge in [0.1, 0.15) is 12.6 Å². The predicted octanol–water partition coefficient (Wildman–Crippen LogP) is 4.95. The molecule has 0 radical (unpaired) electrons. The summed E-state index contributed by atoms with van der Waals surface area (Å²) in [5.74, 6) is -2.17. The Morgan fingerprint density at radius 3 is 2.00 bits per heavy atom.